The van der Waals surface area contributed by atoms with Crippen LogP contribution in [-0.4, -0.2) is 38.8 Å². The number of methoxy groups -OCH3 is 2. The number of carbonyl (C=O) groups is 2. The zero-order chi connectivity index (χ0) is 17.4. The van der Waals surface area contributed by atoms with Crippen molar-refractivity contribution in [1.29, 1.82) is 0 Å². The summed E-state index contributed by atoms with van der Waals surface area (Å²) in [5.41, 5.74) is 3.03. The Hall–Kier alpha value is -3.29. The van der Waals surface area contributed by atoms with Crippen LogP contribution in [0.5, 0.6) is 11.5 Å². The van der Waals surface area contributed by atoms with Crippen LogP contribution in [0.25, 0.3) is 0 Å². The van der Waals surface area contributed by atoms with E-state index in [1.54, 1.807) is 31.4 Å². The van der Waals surface area contributed by atoms with Gasteiger partial charge in [0, 0.05) is 0 Å². The fourth-order valence-electron chi connectivity index (χ4n) is 1.81. The first-order valence-electron chi connectivity index (χ1n) is 6.99. The van der Waals surface area contributed by atoms with Crippen LogP contribution in [0.3, 0.4) is 0 Å². The minimum Gasteiger partial charge on any atom is -0.493 e. The number of rotatable bonds is 7. The van der Waals surface area contributed by atoms with Crippen LogP contribution < -0.4 is 20.2 Å². The second kappa shape index (κ2) is 8.37. The summed E-state index contributed by atoms with van der Waals surface area (Å²) in [6.45, 7) is -0.219. The molecule has 0 radical (unpaired) electrons. The first-order valence-corrected chi connectivity index (χ1v) is 6.99. The molecule has 0 bridgehead atoms. The predicted octanol–water partition coefficient (Wildman–Crippen LogP) is 1.18. The summed E-state index contributed by atoms with van der Waals surface area (Å²) in [7, 11) is 3.07. The molecule has 2 amide bonds. The molecule has 2 N–H and O–H groups in total. The third-order valence-electron chi connectivity index (χ3n) is 2.96. The zero-order valence-electron chi connectivity index (χ0n) is 13.2. The number of benzene rings is 1. The van der Waals surface area contributed by atoms with E-state index in [2.05, 4.69) is 15.8 Å². The molecule has 0 aliphatic carbocycles. The van der Waals surface area contributed by atoms with E-state index < -0.39 is 11.8 Å². The Morgan fingerprint density at radius 1 is 1.21 bits per heavy atom. The summed E-state index contributed by atoms with van der Waals surface area (Å²) in [5, 5.41) is 6.23. The molecule has 1 aromatic heterocycles. The molecule has 1 aromatic carbocycles. The van der Waals surface area contributed by atoms with E-state index in [4.69, 9.17) is 13.9 Å². The van der Waals surface area contributed by atoms with Gasteiger partial charge in [0.05, 0.1) is 33.2 Å². The molecule has 8 heteroatoms. The molecule has 0 atom stereocenters. The van der Waals surface area contributed by atoms with Crippen LogP contribution >= 0.6 is 0 Å². The Morgan fingerprint density at radius 2 is 2.00 bits per heavy atom. The smallest absolute Gasteiger partial charge is 0.287 e. The number of furan rings is 1. The number of nitrogens with zero attached hydrogens (tertiary/aromatic N) is 1. The fraction of sp³-hybridized carbons (Fsp3) is 0.188. The van der Waals surface area contributed by atoms with Gasteiger partial charge in [0.2, 0.25) is 0 Å². The van der Waals surface area contributed by atoms with Gasteiger partial charge in [-0.15, -0.1) is 0 Å². The van der Waals surface area contributed by atoms with Gasteiger partial charge in [-0.05, 0) is 35.9 Å². The van der Waals surface area contributed by atoms with Crippen LogP contribution in [0, 0.1) is 0 Å². The highest BCUT2D eigenvalue weighted by Gasteiger charge is 2.09. The van der Waals surface area contributed by atoms with Crippen LogP contribution in [0.1, 0.15) is 16.1 Å². The third kappa shape index (κ3) is 4.60. The van der Waals surface area contributed by atoms with E-state index in [1.807, 2.05) is 0 Å². The van der Waals surface area contributed by atoms with Crippen molar-refractivity contribution in [2.24, 2.45) is 5.10 Å². The summed E-state index contributed by atoms with van der Waals surface area (Å²) in [4.78, 5) is 23.2. The Labute approximate surface area is 138 Å². The van der Waals surface area contributed by atoms with Crippen molar-refractivity contribution in [3.05, 3.63) is 47.9 Å². The summed E-state index contributed by atoms with van der Waals surface area (Å²) in [6.07, 6.45) is 2.83. The lowest BCUT2D eigenvalue weighted by molar-refractivity contribution is -0.120. The number of hydrogen-bond donors (Lipinski definition) is 2. The summed E-state index contributed by atoms with van der Waals surface area (Å²) in [6, 6.07) is 8.29. The number of carbonyl (C=O) groups excluding carboxylic acids is 2. The first kappa shape index (κ1) is 17.1. The quantitative estimate of drug-likeness (QED) is 0.586. The molecule has 126 valence electrons. The molecule has 0 aliphatic rings. The fourth-order valence-corrected chi connectivity index (χ4v) is 1.81. The zero-order valence-corrected chi connectivity index (χ0v) is 13.2. The van der Waals surface area contributed by atoms with Gasteiger partial charge in [-0.3, -0.25) is 9.59 Å². The lowest BCUT2D eigenvalue weighted by Crippen LogP contribution is -2.34. The molecule has 0 spiro atoms. The van der Waals surface area contributed by atoms with Crippen LogP contribution in [-0.2, 0) is 4.79 Å². The van der Waals surface area contributed by atoms with Gasteiger partial charge in [0.1, 0.15) is 0 Å². The Kier molecular flexibility index (Phi) is 5.95. The van der Waals surface area contributed by atoms with Crippen LogP contribution in [0.15, 0.2) is 46.1 Å². The summed E-state index contributed by atoms with van der Waals surface area (Å²) in [5.74, 6) is 0.347. The molecular weight excluding hydrogens is 314 g/mol. The lowest BCUT2D eigenvalue weighted by atomic mass is 10.2. The number of hydrazone groups is 1. The number of nitrogens with one attached hydrogen (secondary N) is 2. The molecule has 2 rings (SSSR count). The minimum absolute atomic E-state index is 0.136. The summed E-state index contributed by atoms with van der Waals surface area (Å²) >= 11 is 0. The van der Waals surface area contributed by atoms with Crippen molar-refractivity contribution >= 4 is 18.0 Å². The molecule has 2 aromatic rings. The molecule has 0 saturated carbocycles. The first-order chi connectivity index (χ1) is 11.6. The van der Waals surface area contributed by atoms with Gasteiger partial charge in [0.25, 0.3) is 11.8 Å². The van der Waals surface area contributed by atoms with Crippen molar-refractivity contribution in [1.82, 2.24) is 10.7 Å². The molecule has 1 heterocycles. The van der Waals surface area contributed by atoms with Crippen molar-refractivity contribution in [3.63, 3.8) is 0 Å². The largest absolute Gasteiger partial charge is 0.493 e. The second-order valence-corrected chi connectivity index (χ2v) is 4.57. The molecule has 0 unspecified atom stereocenters. The van der Waals surface area contributed by atoms with Gasteiger partial charge in [-0.1, -0.05) is 0 Å². The van der Waals surface area contributed by atoms with Crippen molar-refractivity contribution in [3.8, 4) is 11.5 Å². The molecule has 8 nitrogen and oxygen atoms in total. The highest BCUT2D eigenvalue weighted by atomic mass is 16.5. The van der Waals surface area contributed by atoms with E-state index in [0.29, 0.717) is 17.1 Å². The topological polar surface area (TPSA) is 102 Å². The van der Waals surface area contributed by atoms with E-state index in [9.17, 15) is 9.59 Å². The Balaban J connectivity index is 1.83. The predicted molar refractivity (Wildman–Crippen MR) is 86.3 cm³/mol. The van der Waals surface area contributed by atoms with E-state index in [1.165, 1.54) is 25.7 Å². The van der Waals surface area contributed by atoms with Gasteiger partial charge in [0.15, 0.2) is 17.3 Å². The number of ether oxygens (including phenoxy) is 2. The number of hydrogen-bond acceptors (Lipinski definition) is 6. The highest BCUT2D eigenvalue weighted by molar-refractivity contribution is 5.94. The molecule has 0 fully saturated rings. The molecular formula is C16H17N3O5. The van der Waals surface area contributed by atoms with E-state index in [-0.39, 0.29) is 12.3 Å². The van der Waals surface area contributed by atoms with Gasteiger partial charge in [-0.25, -0.2) is 5.43 Å². The maximum atomic E-state index is 11.6. The molecule has 0 saturated heterocycles. The average molecular weight is 331 g/mol. The normalized spacial score (nSPS) is 10.4. The Bertz CT molecular complexity index is 725. The van der Waals surface area contributed by atoms with Crippen molar-refractivity contribution in [2.75, 3.05) is 20.8 Å². The monoisotopic (exact) mass is 331 g/mol. The van der Waals surface area contributed by atoms with Gasteiger partial charge >= 0.3 is 0 Å². The SMILES string of the molecule is COc1ccc(/C=N\NC(=O)CNC(=O)c2ccco2)cc1OC. The van der Waals surface area contributed by atoms with Crippen molar-refractivity contribution < 1.29 is 23.5 Å². The van der Waals surface area contributed by atoms with Crippen molar-refractivity contribution in [2.45, 2.75) is 0 Å². The van der Waals surface area contributed by atoms with Crippen LogP contribution in [0.2, 0.25) is 0 Å². The second-order valence-electron chi connectivity index (χ2n) is 4.57. The minimum atomic E-state index is -0.473. The molecule has 0 aliphatic heterocycles. The standard InChI is InChI=1S/C16H17N3O5/c1-22-12-6-5-11(8-14(12)23-2)9-18-19-15(20)10-17-16(21)13-4-3-7-24-13/h3-9H,10H2,1-2H3,(H,17,21)(H,19,20)/b18-9-. The Morgan fingerprint density at radius 3 is 2.67 bits per heavy atom. The average Bonchev–Trinajstić information content (AvgIpc) is 3.14. The third-order valence-corrected chi connectivity index (χ3v) is 2.96. The summed E-state index contributed by atoms with van der Waals surface area (Å²) < 4.78 is 15.2. The van der Waals surface area contributed by atoms with E-state index in [0.717, 1.165) is 0 Å². The van der Waals surface area contributed by atoms with Gasteiger partial charge in [-0.2, -0.15) is 5.10 Å². The number of amides is 2. The van der Waals surface area contributed by atoms with E-state index >= 15 is 0 Å². The highest BCUT2D eigenvalue weighted by Crippen LogP contribution is 2.26. The lowest BCUT2D eigenvalue weighted by Gasteiger charge is -2.07. The maximum absolute atomic E-state index is 11.6. The molecule has 24 heavy (non-hydrogen) atoms. The maximum Gasteiger partial charge on any atom is 0.287 e. The van der Waals surface area contributed by atoms with Crippen LogP contribution in [0.4, 0.5) is 0 Å². The van der Waals surface area contributed by atoms with Gasteiger partial charge < -0.3 is 19.2 Å².